The second kappa shape index (κ2) is 17.6. The summed E-state index contributed by atoms with van der Waals surface area (Å²) in [6.45, 7) is 4.24. The topological polar surface area (TPSA) is 160 Å². The molecule has 1 amide bonds. The number of ketones is 1. The van der Waals surface area contributed by atoms with Gasteiger partial charge in [-0.25, -0.2) is 0 Å². The molecule has 1 aromatic heterocycles. The van der Waals surface area contributed by atoms with E-state index in [9.17, 15) is 14.7 Å². The molecule has 0 aliphatic heterocycles. The Balaban J connectivity index is 1.32. The third kappa shape index (κ3) is 12.1. The van der Waals surface area contributed by atoms with Gasteiger partial charge in [-0.3, -0.25) is 4.79 Å². The molecule has 13 heteroatoms. The molecule has 0 unspecified atom stereocenters. The number of anilines is 5. The Morgan fingerprint density at radius 2 is 1.33 bits per heavy atom. The first kappa shape index (κ1) is 33.3. The summed E-state index contributed by atoms with van der Waals surface area (Å²) in [4.78, 5) is 37.0. The maximum Gasteiger partial charge on any atom is 0.251 e. The Hall–Kier alpha value is -4.59. The van der Waals surface area contributed by atoms with Gasteiger partial charge in [0.25, 0.3) is 5.91 Å². The fourth-order valence-electron chi connectivity index (χ4n) is 3.94. The summed E-state index contributed by atoms with van der Waals surface area (Å²) in [5.74, 6) is 1.00. The number of rotatable bonds is 18. The normalized spacial score (nSPS) is 10.7. The van der Waals surface area contributed by atoms with Crippen LogP contribution >= 0.6 is 15.9 Å². The van der Waals surface area contributed by atoms with Crippen LogP contribution in [0.15, 0.2) is 77.3 Å². The average molecular weight is 679 g/mol. The lowest BCUT2D eigenvalue weighted by atomic mass is 10.2. The summed E-state index contributed by atoms with van der Waals surface area (Å²) in [7, 11) is 0. The molecule has 45 heavy (non-hydrogen) atoms. The molecule has 12 nitrogen and oxygen atoms in total. The number of amides is 1. The lowest BCUT2D eigenvalue weighted by Crippen LogP contribution is -2.22. The van der Waals surface area contributed by atoms with Gasteiger partial charge in [-0.1, -0.05) is 28.1 Å². The molecule has 0 bridgehead atoms. The third-order valence-electron chi connectivity index (χ3n) is 6.25. The number of hydrogen-bond donors (Lipinski definition) is 5. The van der Waals surface area contributed by atoms with E-state index < -0.39 is 0 Å². The number of carbonyl (C=O) groups excluding carboxylic acids is 2. The number of ether oxygens (including phenoxy) is 2. The van der Waals surface area contributed by atoms with Gasteiger partial charge in [-0.2, -0.15) is 15.0 Å². The number of carbonyl (C=O) groups is 2. The first-order valence-corrected chi connectivity index (χ1v) is 15.2. The number of halogens is 1. The highest BCUT2D eigenvalue weighted by Gasteiger charge is 2.10. The number of nitrogens with one attached hydrogen (secondary N) is 4. The van der Waals surface area contributed by atoms with Crippen molar-refractivity contribution in [2.24, 2.45) is 0 Å². The van der Waals surface area contributed by atoms with Gasteiger partial charge in [0.2, 0.25) is 17.8 Å². The number of aromatic nitrogens is 3. The van der Waals surface area contributed by atoms with Crippen molar-refractivity contribution in [3.8, 4) is 5.75 Å². The van der Waals surface area contributed by atoms with Crippen molar-refractivity contribution in [1.82, 2.24) is 20.3 Å². The summed E-state index contributed by atoms with van der Waals surface area (Å²) in [5, 5.41) is 22.0. The van der Waals surface area contributed by atoms with E-state index in [-0.39, 0.29) is 29.3 Å². The van der Waals surface area contributed by atoms with Crippen molar-refractivity contribution >= 4 is 56.8 Å². The number of Topliss-reactive ketones (excluding diaryl/α,β-unsaturated/α-hetero) is 1. The van der Waals surface area contributed by atoms with Gasteiger partial charge in [0.15, 0.2) is 0 Å². The van der Waals surface area contributed by atoms with E-state index in [0.29, 0.717) is 75.2 Å². The van der Waals surface area contributed by atoms with E-state index in [1.807, 2.05) is 24.3 Å². The summed E-state index contributed by atoms with van der Waals surface area (Å²) >= 11 is 3.41. The minimum absolute atomic E-state index is 0.146. The Labute approximate surface area is 270 Å². The SMILES string of the molecule is CC(=O)CCCOCCOCCNc1nc(Nc2ccc(O)cc2)nc(Nc2ccc(C(=O)NCc3ccc(Br)cc3)cc2)n1. The monoisotopic (exact) mass is 677 g/mol. The fourth-order valence-corrected chi connectivity index (χ4v) is 4.21. The Bertz CT molecular complexity index is 1520. The van der Waals surface area contributed by atoms with E-state index in [2.05, 4.69) is 52.1 Å². The van der Waals surface area contributed by atoms with Crippen LogP contribution in [0.3, 0.4) is 0 Å². The number of nitrogens with zero attached hydrogens (tertiary/aromatic N) is 3. The molecule has 0 atom stereocenters. The smallest absolute Gasteiger partial charge is 0.251 e. The van der Waals surface area contributed by atoms with Crippen LogP contribution < -0.4 is 21.3 Å². The lowest BCUT2D eigenvalue weighted by molar-refractivity contribution is -0.117. The molecule has 236 valence electrons. The molecule has 0 saturated carbocycles. The second-order valence-corrected chi connectivity index (χ2v) is 10.9. The van der Waals surface area contributed by atoms with Gasteiger partial charge in [0, 0.05) is 47.5 Å². The molecule has 1 heterocycles. The molecule has 0 fully saturated rings. The van der Waals surface area contributed by atoms with E-state index in [1.54, 1.807) is 55.5 Å². The maximum atomic E-state index is 12.7. The average Bonchev–Trinajstić information content (AvgIpc) is 3.03. The predicted molar refractivity (Wildman–Crippen MR) is 176 cm³/mol. The van der Waals surface area contributed by atoms with Crippen LogP contribution in [0, 0.1) is 0 Å². The van der Waals surface area contributed by atoms with Crippen LogP contribution in [-0.2, 0) is 20.8 Å². The zero-order valence-electron chi connectivity index (χ0n) is 24.9. The lowest BCUT2D eigenvalue weighted by Gasteiger charge is -2.12. The zero-order chi connectivity index (χ0) is 31.9. The Kier molecular flexibility index (Phi) is 13.1. The molecule has 4 rings (SSSR count). The minimum Gasteiger partial charge on any atom is -0.508 e. The van der Waals surface area contributed by atoms with Crippen molar-refractivity contribution in [2.45, 2.75) is 26.3 Å². The van der Waals surface area contributed by atoms with Crippen molar-refractivity contribution < 1.29 is 24.2 Å². The maximum absolute atomic E-state index is 12.7. The highest BCUT2D eigenvalue weighted by Crippen LogP contribution is 2.21. The molecule has 5 N–H and O–H groups in total. The first-order valence-electron chi connectivity index (χ1n) is 14.4. The molecule has 0 saturated heterocycles. The minimum atomic E-state index is -0.182. The van der Waals surface area contributed by atoms with Crippen LogP contribution in [0.1, 0.15) is 35.7 Å². The van der Waals surface area contributed by atoms with E-state index in [1.165, 1.54) is 0 Å². The number of benzene rings is 3. The van der Waals surface area contributed by atoms with E-state index in [0.717, 1.165) is 10.0 Å². The number of aromatic hydroxyl groups is 1. The van der Waals surface area contributed by atoms with Crippen LogP contribution in [-0.4, -0.2) is 64.7 Å². The predicted octanol–water partition coefficient (Wildman–Crippen LogP) is 5.57. The third-order valence-corrected chi connectivity index (χ3v) is 6.78. The van der Waals surface area contributed by atoms with Gasteiger partial charge in [0.05, 0.1) is 19.8 Å². The number of phenols is 1. The molecule has 4 aromatic rings. The van der Waals surface area contributed by atoms with Crippen LogP contribution in [0.2, 0.25) is 0 Å². The molecule has 0 aliphatic rings. The molecular weight excluding hydrogens is 642 g/mol. The molecule has 0 aliphatic carbocycles. The molecule has 3 aromatic carbocycles. The van der Waals surface area contributed by atoms with Crippen molar-refractivity contribution in [3.05, 3.63) is 88.4 Å². The standard InChI is InChI=1S/C32H36BrN7O5/c1-22(41)3-2-17-44-19-20-45-18-16-34-30-38-31(40-32(39-30)37-27-12-14-28(42)15-13-27)36-26-10-6-24(7-11-26)29(43)35-21-23-4-8-25(33)9-5-23/h4-15,42H,2-3,16-21H2,1H3,(H,35,43)(H3,34,36,37,38,39,40). The molecule has 0 spiro atoms. The Morgan fingerprint density at radius 1 is 0.756 bits per heavy atom. The van der Waals surface area contributed by atoms with Crippen LogP contribution in [0.4, 0.5) is 29.2 Å². The first-order chi connectivity index (χ1) is 21.8. The highest BCUT2D eigenvalue weighted by molar-refractivity contribution is 9.10. The van der Waals surface area contributed by atoms with Gasteiger partial charge in [0.1, 0.15) is 11.5 Å². The fraction of sp³-hybridized carbons (Fsp3) is 0.281. The van der Waals surface area contributed by atoms with Crippen LogP contribution in [0.25, 0.3) is 0 Å². The quantitative estimate of drug-likeness (QED) is 0.0662. The van der Waals surface area contributed by atoms with Crippen molar-refractivity contribution in [1.29, 1.82) is 0 Å². The number of phenolic OH excluding ortho intramolecular Hbond substituents is 1. The van der Waals surface area contributed by atoms with E-state index in [4.69, 9.17) is 9.47 Å². The van der Waals surface area contributed by atoms with Crippen molar-refractivity contribution in [3.63, 3.8) is 0 Å². The number of hydrogen-bond acceptors (Lipinski definition) is 11. The van der Waals surface area contributed by atoms with Crippen molar-refractivity contribution in [2.75, 3.05) is 48.9 Å². The van der Waals surface area contributed by atoms with Gasteiger partial charge in [-0.05, 0) is 79.6 Å². The zero-order valence-corrected chi connectivity index (χ0v) is 26.5. The second-order valence-electron chi connectivity index (χ2n) is 9.95. The van der Waals surface area contributed by atoms with Gasteiger partial charge >= 0.3 is 0 Å². The van der Waals surface area contributed by atoms with Gasteiger partial charge < -0.3 is 40.6 Å². The van der Waals surface area contributed by atoms with Crippen LogP contribution in [0.5, 0.6) is 5.75 Å². The molecule has 0 radical (unpaired) electrons. The Morgan fingerprint density at radius 3 is 1.96 bits per heavy atom. The summed E-state index contributed by atoms with van der Waals surface area (Å²) in [6, 6.07) is 21.3. The summed E-state index contributed by atoms with van der Waals surface area (Å²) in [6.07, 6.45) is 1.23. The van der Waals surface area contributed by atoms with E-state index >= 15 is 0 Å². The molecular formula is C32H36BrN7O5. The summed E-state index contributed by atoms with van der Waals surface area (Å²) in [5.41, 5.74) is 2.88. The highest BCUT2D eigenvalue weighted by atomic mass is 79.9. The van der Waals surface area contributed by atoms with Gasteiger partial charge in [-0.15, -0.1) is 0 Å². The largest absolute Gasteiger partial charge is 0.508 e. The summed E-state index contributed by atoms with van der Waals surface area (Å²) < 4.78 is 12.1.